The van der Waals surface area contributed by atoms with E-state index in [1.807, 2.05) is 6.92 Å². The summed E-state index contributed by atoms with van der Waals surface area (Å²) in [6.45, 7) is 8.54. The van der Waals surface area contributed by atoms with E-state index < -0.39 is 60.6 Å². The molecule has 12 nitrogen and oxygen atoms in total. The van der Waals surface area contributed by atoms with Gasteiger partial charge in [0.1, 0.15) is 5.60 Å². The lowest BCUT2D eigenvalue weighted by Gasteiger charge is -2.32. The summed E-state index contributed by atoms with van der Waals surface area (Å²) in [7, 11) is -12.8. The Morgan fingerprint density at radius 1 is 0.560 bits per heavy atom. The van der Waals surface area contributed by atoms with Crippen molar-refractivity contribution in [2.24, 2.45) is 5.41 Å². The van der Waals surface area contributed by atoms with Gasteiger partial charge in [-0.3, -0.25) is 17.3 Å². The van der Waals surface area contributed by atoms with Gasteiger partial charge in [-0.25, -0.2) is 0 Å². The molecular weight excluding hydrogens is 709 g/mol. The van der Waals surface area contributed by atoms with Crippen molar-refractivity contribution in [1.82, 2.24) is 0 Å². The molecule has 3 aromatic carbocycles. The van der Waals surface area contributed by atoms with Crippen LogP contribution in [-0.2, 0) is 57.2 Å². The lowest BCUT2D eigenvalue weighted by molar-refractivity contribution is -0.156. The van der Waals surface area contributed by atoms with Crippen LogP contribution in [0.2, 0.25) is 0 Å². The number of rotatable bonds is 19. The Bertz CT molecular complexity index is 1800. The van der Waals surface area contributed by atoms with E-state index in [2.05, 4.69) is 0 Å². The Kier molecular flexibility index (Phi) is 14.3. The van der Waals surface area contributed by atoms with E-state index in [0.29, 0.717) is 0 Å². The van der Waals surface area contributed by atoms with E-state index in [-0.39, 0.29) is 53.8 Å². The maximum absolute atomic E-state index is 13.3. The van der Waals surface area contributed by atoms with Crippen molar-refractivity contribution in [3.63, 3.8) is 0 Å². The van der Waals surface area contributed by atoms with Crippen molar-refractivity contribution in [3.05, 3.63) is 89.5 Å². The molecule has 3 rings (SSSR count). The third-order valence-electron chi connectivity index (χ3n) is 7.34. The summed E-state index contributed by atoms with van der Waals surface area (Å²) in [6, 6.07) is 18.0. The highest BCUT2D eigenvalue weighted by molar-refractivity contribution is 7.87. The first kappa shape index (κ1) is 41.2. The molecular formula is C35H46O12S3. The molecule has 50 heavy (non-hydrogen) atoms. The molecule has 0 aromatic heterocycles. The quantitative estimate of drug-likeness (QED) is 0.0841. The fourth-order valence-corrected chi connectivity index (χ4v) is 7.48. The number of esters is 1. The molecule has 276 valence electrons. The predicted octanol–water partition coefficient (Wildman–Crippen LogP) is 5.64. The molecule has 0 atom stereocenters. The molecule has 0 spiro atoms. The second-order valence-electron chi connectivity index (χ2n) is 13.1. The Morgan fingerprint density at radius 2 is 0.940 bits per heavy atom. The van der Waals surface area contributed by atoms with Gasteiger partial charge in [-0.2, -0.15) is 25.3 Å². The summed E-state index contributed by atoms with van der Waals surface area (Å²) in [5.74, 6) is -0.533. The molecule has 0 unspecified atom stereocenters. The van der Waals surface area contributed by atoms with Crippen LogP contribution < -0.4 is 0 Å². The lowest BCUT2D eigenvalue weighted by Crippen LogP contribution is -2.39. The summed E-state index contributed by atoms with van der Waals surface area (Å²) < 4.78 is 106. The van der Waals surface area contributed by atoms with Crippen molar-refractivity contribution in [1.29, 1.82) is 0 Å². The van der Waals surface area contributed by atoms with E-state index in [1.54, 1.807) is 71.0 Å². The van der Waals surface area contributed by atoms with Crippen molar-refractivity contribution in [2.75, 3.05) is 33.0 Å². The molecule has 0 radical (unpaired) electrons. The van der Waals surface area contributed by atoms with Crippen LogP contribution in [0.25, 0.3) is 0 Å². The minimum Gasteiger partial charge on any atom is -0.460 e. The topological polar surface area (TPSA) is 166 Å². The largest absolute Gasteiger partial charge is 0.460 e. The Balaban J connectivity index is 1.89. The minimum atomic E-state index is -4.34. The van der Waals surface area contributed by atoms with Gasteiger partial charge in [0.2, 0.25) is 0 Å². The minimum absolute atomic E-state index is 0.00238. The lowest BCUT2D eigenvalue weighted by atomic mass is 9.86. The first-order valence-corrected chi connectivity index (χ1v) is 20.1. The number of hydrogen-bond acceptors (Lipinski definition) is 12. The third kappa shape index (κ3) is 13.2. The van der Waals surface area contributed by atoms with Gasteiger partial charge in [0.25, 0.3) is 30.4 Å². The smallest absolute Gasteiger partial charge is 0.308 e. The van der Waals surface area contributed by atoms with Gasteiger partial charge < -0.3 is 9.47 Å². The van der Waals surface area contributed by atoms with E-state index in [9.17, 15) is 30.0 Å². The SMILES string of the molecule is Cc1ccc(S(=O)(=O)OCCCC(COCCC(=O)OC(C)(C)C)(COS(=O)(=O)c2ccc(C)cc2)COS(=O)(=O)c2ccc(C)cc2)cc1. The molecule has 0 aliphatic carbocycles. The van der Waals surface area contributed by atoms with Crippen molar-refractivity contribution < 1.29 is 52.1 Å². The Morgan fingerprint density at radius 3 is 1.32 bits per heavy atom. The molecule has 0 aliphatic rings. The highest BCUT2D eigenvalue weighted by Crippen LogP contribution is 2.31. The van der Waals surface area contributed by atoms with Crippen molar-refractivity contribution in [2.45, 2.75) is 81.1 Å². The number of carbonyl (C=O) groups is 1. The molecule has 15 heteroatoms. The number of ether oxygens (including phenoxy) is 2. The standard InChI is InChI=1S/C35H46O12S3/c1-27-8-14-30(15-9-27)48(37,38)44-22-7-21-35(24-43-23-20-33(36)47-34(4,5)6,25-45-49(39,40)31-16-10-28(2)11-17-31)26-46-50(41,42)32-18-12-29(3)13-19-32/h8-19H,7,20-26H2,1-6H3. The van der Waals surface area contributed by atoms with Crippen LogP contribution in [-0.4, -0.2) is 69.9 Å². The number of hydrogen-bond donors (Lipinski definition) is 0. The number of benzene rings is 3. The molecule has 0 aliphatic heterocycles. The average molecular weight is 755 g/mol. The summed E-state index contributed by atoms with van der Waals surface area (Å²) in [5, 5.41) is 0. The van der Waals surface area contributed by atoms with Crippen LogP contribution in [0, 0.1) is 26.2 Å². The molecule has 0 amide bonds. The molecule has 0 fully saturated rings. The summed E-state index contributed by atoms with van der Waals surface area (Å²) >= 11 is 0. The summed E-state index contributed by atoms with van der Waals surface area (Å²) in [6.07, 6.45) is -0.200. The maximum Gasteiger partial charge on any atom is 0.308 e. The van der Waals surface area contributed by atoms with Crippen molar-refractivity contribution >= 4 is 36.3 Å². The van der Waals surface area contributed by atoms with Crippen LogP contribution in [0.3, 0.4) is 0 Å². The van der Waals surface area contributed by atoms with E-state index >= 15 is 0 Å². The summed E-state index contributed by atoms with van der Waals surface area (Å²) in [5.41, 5.74) is 0.303. The summed E-state index contributed by atoms with van der Waals surface area (Å²) in [4.78, 5) is 12.0. The molecule has 0 heterocycles. The zero-order chi connectivity index (χ0) is 37.2. The van der Waals surface area contributed by atoms with Crippen molar-refractivity contribution in [3.8, 4) is 0 Å². The highest BCUT2D eigenvalue weighted by atomic mass is 32.2. The van der Waals surface area contributed by atoms with Crippen LogP contribution in [0.15, 0.2) is 87.5 Å². The molecule has 0 saturated heterocycles. The van der Waals surface area contributed by atoms with E-state index in [1.165, 1.54) is 36.4 Å². The molecule has 0 saturated carbocycles. The fraction of sp³-hybridized carbons (Fsp3) is 0.457. The third-order valence-corrected chi connectivity index (χ3v) is 11.2. The van der Waals surface area contributed by atoms with Gasteiger partial charge in [0.15, 0.2) is 0 Å². The zero-order valence-electron chi connectivity index (χ0n) is 29.2. The maximum atomic E-state index is 13.3. The van der Waals surface area contributed by atoms with Crippen LogP contribution in [0.5, 0.6) is 0 Å². The molecule has 3 aromatic rings. The van der Waals surface area contributed by atoms with Gasteiger partial charge in [-0.15, -0.1) is 0 Å². The van der Waals surface area contributed by atoms with Gasteiger partial charge in [-0.05, 0) is 90.8 Å². The number of carbonyl (C=O) groups excluding carboxylic acids is 1. The number of aryl methyl sites for hydroxylation is 3. The normalized spacial score (nSPS) is 12.9. The van der Waals surface area contributed by atoms with E-state index in [0.717, 1.165) is 16.7 Å². The highest BCUT2D eigenvalue weighted by Gasteiger charge is 2.36. The zero-order valence-corrected chi connectivity index (χ0v) is 31.7. The predicted molar refractivity (Wildman–Crippen MR) is 186 cm³/mol. The van der Waals surface area contributed by atoms with Gasteiger partial charge >= 0.3 is 5.97 Å². The monoisotopic (exact) mass is 754 g/mol. The fourth-order valence-electron chi connectivity index (χ4n) is 4.52. The van der Waals surface area contributed by atoms with Gasteiger partial charge in [0, 0.05) is 5.41 Å². The van der Waals surface area contributed by atoms with Crippen LogP contribution in [0.4, 0.5) is 0 Å². The first-order chi connectivity index (χ1) is 23.2. The molecule has 0 bridgehead atoms. The Hall–Kier alpha value is -3.18. The average Bonchev–Trinajstić information content (AvgIpc) is 3.03. The van der Waals surface area contributed by atoms with Crippen LogP contribution in [0.1, 0.15) is 56.7 Å². The van der Waals surface area contributed by atoms with E-state index in [4.69, 9.17) is 22.0 Å². The Labute approximate surface area is 296 Å². The molecule has 0 N–H and O–H groups in total. The van der Waals surface area contributed by atoms with Gasteiger partial charge in [0.05, 0.1) is 54.1 Å². The van der Waals surface area contributed by atoms with Crippen LogP contribution >= 0.6 is 0 Å². The van der Waals surface area contributed by atoms with Gasteiger partial charge in [-0.1, -0.05) is 53.1 Å². The second kappa shape index (κ2) is 17.4. The first-order valence-electron chi connectivity index (χ1n) is 15.9. The second-order valence-corrected chi connectivity index (χ2v) is 18.0.